The molecule has 0 amide bonds. The molecule has 2 aromatic carbocycles. The maximum absolute atomic E-state index is 11.1. The summed E-state index contributed by atoms with van der Waals surface area (Å²) >= 11 is 5.90. The molecule has 0 aromatic heterocycles. The van der Waals surface area contributed by atoms with Crippen LogP contribution in [0.25, 0.3) is 0 Å². The van der Waals surface area contributed by atoms with E-state index in [-0.39, 0.29) is 18.4 Å². The van der Waals surface area contributed by atoms with Crippen molar-refractivity contribution in [3.05, 3.63) is 63.2 Å². The van der Waals surface area contributed by atoms with Gasteiger partial charge < -0.3 is 15.2 Å². The first kappa shape index (κ1) is 17.1. The third kappa shape index (κ3) is 4.84. The molecule has 0 aliphatic carbocycles. The fraction of sp³-hybridized carbons (Fsp3) is 0.250. The van der Waals surface area contributed by atoms with Gasteiger partial charge in [0.15, 0.2) is 0 Å². The highest BCUT2D eigenvalue weighted by Gasteiger charge is 2.15. The molecule has 2 rings (SSSR count). The van der Waals surface area contributed by atoms with Crippen LogP contribution < -0.4 is 10.1 Å². The average Bonchev–Trinajstić information content (AvgIpc) is 2.52. The predicted octanol–water partition coefficient (Wildman–Crippen LogP) is 3.62. The van der Waals surface area contributed by atoms with Gasteiger partial charge >= 0.3 is 0 Å². The van der Waals surface area contributed by atoms with Crippen LogP contribution in [0.5, 0.6) is 5.75 Å². The van der Waals surface area contributed by atoms with E-state index in [0.29, 0.717) is 28.6 Å². The van der Waals surface area contributed by atoms with E-state index in [1.165, 1.54) is 12.1 Å². The van der Waals surface area contributed by atoms with E-state index in [1.54, 1.807) is 30.3 Å². The predicted molar refractivity (Wildman–Crippen MR) is 89.1 cm³/mol. The molecule has 6 nitrogen and oxygen atoms in total. The van der Waals surface area contributed by atoms with Gasteiger partial charge in [-0.1, -0.05) is 17.7 Å². The van der Waals surface area contributed by atoms with Crippen molar-refractivity contribution in [1.29, 1.82) is 0 Å². The molecule has 0 heterocycles. The van der Waals surface area contributed by atoms with Crippen molar-refractivity contribution >= 4 is 23.0 Å². The van der Waals surface area contributed by atoms with E-state index in [1.807, 2.05) is 6.92 Å². The van der Waals surface area contributed by atoms with Crippen LogP contribution in [-0.2, 0) is 6.61 Å². The van der Waals surface area contributed by atoms with Gasteiger partial charge in [0.25, 0.3) is 5.69 Å². The first-order chi connectivity index (χ1) is 11.0. The van der Waals surface area contributed by atoms with Crippen LogP contribution in [0.4, 0.5) is 11.4 Å². The van der Waals surface area contributed by atoms with E-state index in [9.17, 15) is 10.1 Å². The monoisotopic (exact) mass is 336 g/mol. The number of aliphatic hydroxyl groups is 1. The zero-order chi connectivity index (χ0) is 16.8. The smallest absolute Gasteiger partial charge is 0.292 e. The lowest BCUT2D eigenvalue weighted by molar-refractivity contribution is -0.384. The van der Waals surface area contributed by atoms with Crippen LogP contribution in [0.15, 0.2) is 42.5 Å². The number of aliphatic hydroxyl groups excluding tert-OH is 1. The third-order valence-corrected chi connectivity index (χ3v) is 3.39. The van der Waals surface area contributed by atoms with Crippen LogP contribution in [0.1, 0.15) is 12.5 Å². The second-order valence-electron chi connectivity index (χ2n) is 5.03. The second kappa shape index (κ2) is 7.80. The van der Waals surface area contributed by atoms with Crippen molar-refractivity contribution in [3.63, 3.8) is 0 Å². The third-order valence-electron chi connectivity index (χ3n) is 3.15. The number of benzene rings is 2. The molecule has 0 spiro atoms. The Labute approximate surface area is 138 Å². The Balaban J connectivity index is 2.03. The van der Waals surface area contributed by atoms with E-state index in [0.717, 1.165) is 0 Å². The van der Waals surface area contributed by atoms with Crippen LogP contribution in [0, 0.1) is 10.1 Å². The lowest BCUT2D eigenvalue weighted by atomic mass is 10.1. The quantitative estimate of drug-likeness (QED) is 0.596. The van der Waals surface area contributed by atoms with Gasteiger partial charge in [0.05, 0.1) is 18.1 Å². The molecule has 2 N–H and O–H groups in total. The van der Waals surface area contributed by atoms with Gasteiger partial charge in [-0.2, -0.15) is 0 Å². The molecule has 0 bridgehead atoms. The van der Waals surface area contributed by atoms with Gasteiger partial charge in [0.2, 0.25) is 0 Å². The zero-order valence-electron chi connectivity index (χ0n) is 12.5. The van der Waals surface area contributed by atoms with Gasteiger partial charge in [-0.3, -0.25) is 10.1 Å². The number of nitrogens with one attached hydrogen (secondary N) is 1. The van der Waals surface area contributed by atoms with Gasteiger partial charge in [0.1, 0.15) is 17.5 Å². The van der Waals surface area contributed by atoms with E-state index >= 15 is 0 Å². The summed E-state index contributed by atoms with van der Waals surface area (Å²) in [5.41, 5.74) is 0.904. The topological polar surface area (TPSA) is 84.6 Å². The molecule has 7 heteroatoms. The van der Waals surface area contributed by atoms with Crippen molar-refractivity contribution in [3.8, 4) is 5.75 Å². The summed E-state index contributed by atoms with van der Waals surface area (Å²) in [4.78, 5) is 10.6. The lowest BCUT2D eigenvalue weighted by Gasteiger charge is -2.16. The van der Waals surface area contributed by atoms with E-state index in [2.05, 4.69) is 5.32 Å². The summed E-state index contributed by atoms with van der Waals surface area (Å²) in [5, 5.41) is 23.8. The van der Waals surface area contributed by atoms with Crippen molar-refractivity contribution in [2.24, 2.45) is 0 Å². The molecule has 2 aromatic rings. The van der Waals surface area contributed by atoms with Crippen molar-refractivity contribution in [2.75, 3.05) is 11.9 Å². The number of anilines is 1. The van der Waals surface area contributed by atoms with Gasteiger partial charge in [-0.25, -0.2) is 0 Å². The molecule has 0 aliphatic heterocycles. The minimum Gasteiger partial charge on any atom is -0.489 e. The number of rotatable bonds is 7. The highest BCUT2D eigenvalue weighted by molar-refractivity contribution is 6.30. The molecule has 122 valence electrons. The molecule has 1 atom stereocenters. The number of hydrogen-bond acceptors (Lipinski definition) is 5. The van der Waals surface area contributed by atoms with Gasteiger partial charge in [-0.05, 0) is 42.8 Å². The number of hydrogen-bond donors (Lipinski definition) is 2. The molecule has 0 fully saturated rings. The highest BCUT2D eigenvalue weighted by Crippen LogP contribution is 2.26. The number of nitro benzene ring substituents is 1. The Kier molecular flexibility index (Phi) is 5.78. The molecule has 0 saturated carbocycles. The minimum atomic E-state index is -0.466. The number of ether oxygens (including phenoxy) is 1. The number of halogens is 1. The van der Waals surface area contributed by atoms with Crippen molar-refractivity contribution < 1.29 is 14.8 Å². The largest absolute Gasteiger partial charge is 0.489 e. The van der Waals surface area contributed by atoms with Crippen LogP contribution >= 0.6 is 11.6 Å². The first-order valence-corrected chi connectivity index (χ1v) is 7.41. The Hall–Kier alpha value is -2.31. The average molecular weight is 337 g/mol. The summed E-state index contributed by atoms with van der Waals surface area (Å²) in [6.07, 6.45) is -0.231. The molecule has 23 heavy (non-hydrogen) atoms. The Bertz CT molecular complexity index is 694. The lowest BCUT2D eigenvalue weighted by Crippen LogP contribution is -2.23. The van der Waals surface area contributed by atoms with E-state index < -0.39 is 4.92 Å². The van der Waals surface area contributed by atoms with Crippen LogP contribution in [-0.4, -0.2) is 22.7 Å². The standard InChI is InChI=1S/C16H17ClN2O4/c1-11(23-14-4-2-3-13(17)8-14)9-18-15-7-12(10-20)5-6-16(15)19(21)22/h2-8,11,18,20H,9-10H2,1H3. The second-order valence-corrected chi connectivity index (χ2v) is 5.47. The molecule has 0 aliphatic rings. The maximum atomic E-state index is 11.1. The summed E-state index contributed by atoms with van der Waals surface area (Å²) in [6.45, 7) is 2.03. The fourth-order valence-corrected chi connectivity index (χ4v) is 2.23. The zero-order valence-corrected chi connectivity index (χ0v) is 13.3. The molecule has 0 saturated heterocycles. The van der Waals surface area contributed by atoms with Crippen LogP contribution in [0.2, 0.25) is 5.02 Å². The Morgan fingerprint density at radius 3 is 2.78 bits per heavy atom. The van der Waals surface area contributed by atoms with Crippen molar-refractivity contribution in [1.82, 2.24) is 0 Å². The molecule has 0 radical (unpaired) electrons. The maximum Gasteiger partial charge on any atom is 0.292 e. The van der Waals surface area contributed by atoms with Gasteiger partial charge in [0, 0.05) is 11.1 Å². The molecule has 1 unspecified atom stereocenters. The van der Waals surface area contributed by atoms with Gasteiger partial charge in [-0.15, -0.1) is 0 Å². The summed E-state index contributed by atoms with van der Waals surface area (Å²) in [7, 11) is 0. The highest BCUT2D eigenvalue weighted by atomic mass is 35.5. The van der Waals surface area contributed by atoms with Crippen molar-refractivity contribution in [2.45, 2.75) is 19.6 Å². The SMILES string of the molecule is CC(CNc1cc(CO)ccc1[N+](=O)[O-])Oc1cccc(Cl)c1. The van der Waals surface area contributed by atoms with E-state index in [4.69, 9.17) is 21.4 Å². The molecular weight excluding hydrogens is 320 g/mol. The Morgan fingerprint density at radius 2 is 2.13 bits per heavy atom. The summed E-state index contributed by atoms with van der Waals surface area (Å²) in [5.74, 6) is 0.630. The fourth-order valence-electron chi connectivity index (χ4n) is 2.05. The van der Waals surface area contributed by atoms with Crippen LogP contribution in [0.3, 0.4) is 0 Å². The minimum absolute atomic E-state index is 0.0443. The molecular formula is C16H17ClN2O4. The normalized spacial score (nSPS) is 11.8. The summed E-state index contributed by atoms with van der Waals surface area (Å²) < 4.78 is 5.71. The number of nitrogens with zero attached hydrogens (tertiary/aromatic N) is 1. The Morgan fingerprint density at radius 1 is 1.35 bits per heavy atom. The first-order valence-electron chi connectivity index (χ1n) is 7.04. The summed E-state index contributed by atoms with van der Waals surface area (Å²) in [6, 6.07) is 11.5. The number of nitro groups is 1.